The average molecular weight is 348 g/mol. The van der Waals surface area contributed by atoms with Gasteiger partial charge in [-0.25, -0.2) is 9.97 Å². The van der Waals surface area contributed by atoms with E-state index in [1.807, 2.05) is 12.1 Å². The molecule has 0 saturated carbocycles. The minimum atomic E-state index is -0.158. The number of nitrogens with zero attached hydrogens (tertiary/aromatic N) is 5. The first-order valence-electron chi connectivity index (χ1n) is 9.07. The van der Waals surface area contributed by atoms with Gasteiger partial charge in [-0.05, 0) is 25.0 Å². The van der Waals surface area contributed by atoms with Crippen molar-refractivity contribution in [2.45, 2.75) is 25.0 Å². The predicted octanol–water partition coefficient (Wildman–Crippen LogP) is 1.63. The first-order valence-corrected chi connectivity index (χ1v) is 9.07. The number of aliphatic hydroxyl groups excluding tert-OH is 1. The summed E-state index contributed by atoms with van der Waals surface area (Å²) in [5, 5.41) is 21.2. The van der Waals surface area contributed by atoms with Gasteiger partial charge in [0.2, 0.25) is 0 Å². The fourth-order valence-corrected chi connectivity index (χ4v) is 4.33. The van der Waals surface area contributed by atoms with E-state index in [0.717, 1.165) is 66.6 Å². The standard InChI is InChI=1S/C19H20N6O/c20-8-15-18(24-6-3-12(4-7-24)25-10-13(26)11-25)17-14-2-1-5-21-19(14)23-16(17)9-22-15/h1-2,5,9,12-13,26H,3-4,6-7,10-11H2,(H,21,23). The molecule has 0 aliphatic carbocycles. The summed E-state index contributed by atoms with van der Waals surface area (Å²) in [6.07, 6.45) is 5.41. The summed E-state index contributed by atoms with van der Waals surface area (Å²) in [6.45, 7) is 3.36. The topological polar surface area (TPSA) is 92.1 Å². The van der Waals surface area contributed by atoms with Gasteiger partial charge in [0.25, 0.3) is 0 Å². The molecule has 2 aliphatic rings. The predicted molar refractivity (Wildman–Crippen MR) is 98.9 cm³/mol. The third-order valence-corrected chi connectivity index (χ3v) is 5.68. The van der Waals surface area contributed by atoms with Gasteiger partial charge >= 0.3 is 0 Å². The van der Waals surface area contributed by atoms with Crippen LogP contribution < -0.4 is 4.90 Å². The summed E-state index contributed by atoms with van der Waals surface area (Å²) in [5.74, 6) is 0. The summed E-state index contributed by atoms with van der Waals surface area (Å²) in [5.41, 5.74) is 3.14. The second-order valence-corrected chi connectivity index (χ2v) is 7.21. The molecule has 132 valence electrons. The maximum Gasteiger partial charge on any atom is 0.164 e. The van der Waals surface area contributed by atoms with Gasteiger partial charge in [0.15, 0.2) is 5.69 Å². The minimum absolute atomic E-state index is 0.158. The Labute approximate surface area is 150 Å². The number of fused-ring (bicyclic) bond motifs is 3. The molecule has 5 heterocycles. The van der Waals surface area contributed by atoms with Crippen LogP contribution in [0.5, 0.6) is 0 Å². The number of β-amino-alcohol motifs (C(OH)–C–C–N with tert-alkyl or cyclic N) is 1. The van der Waals surface area contributed by atoms with Gasteiger partial charge in [0.1, 0.15) is 11.7 Å². The molecule has 7 nitrogen and oxygen atoms in total. The van der Waals surface area contributed by atoms with E-state index in [1.54, 1.807) is 12.4 Å². The van der Waals surface area contributed by atoms with E-state index in [0.29, 0.717) is 11.7 Å². The number of likely N-dealkylation sites (tertiary alicyclic amines) is 1. The van der Waals surface area contributed by atoms with E-state index < -0.39 is 0 Å². The molecule has 0 unspecified atom stereocenters. The van der Waals surface area contributed by atoms with Crippen molar-refractivity contribution >= 4 is 27.6 Å². The van der Waals surface area contributed by atoms with Gasteiger partial charge in [-0.1, -0.05) is 0 Å². The highest BCUT2D eigenvalue weighted by Gasteiger charge is 2.34. The van der Waals surface area contributed by atoms with Crippen LogP contribution in [0.3, 0.4) is 0 Å². The van der Waals surface area contributed by atoms with E-state index in [-0.39, 0.29) is 6.10 Å². The van der Waals surface area contributed by atoms with Gasteiger partial charge in [-0.3, -0.25) is 4.90 Å². The number of piperidine rings is 1. The highest BCUT2D eigenvalue weighted by Crippen LogP contribution is 2.36. The lowest BCUT2D eigenvalue weighted by atomic mass is 9.97. The number of H-pyrrole nitrogens is 1. The lowest BCUT2D eigenvalue weighted by molar-refractivity contribution is -0.0300. The highest BCUT2D eigenvalue weighted by molar-refractivity contribution is 6.13. The first kappa shape index (κ1) is 15.6. The molecule has 26 heavy (non-hydrogen) atoms. The molecule has 0 radical (unpaired) electrons. The van der Waals surface area contributed by atoms with Crippen LogP contribution in [0.4, 0.5) is 5.69 Å². The molecule has 2 N–H and O–H groups in total. The number of pyridine rings is 2. The van der Waals surface area contributed by atoms with Crippen LogP contribution in [0.25, 0.3) is 21.9 Å². The zero-order valence-electron chi connectivity index (χ0n) is 14.4. The number of aromatic amines is 1. The van der Waals surface area contributed by atoms with Gasteiger partial charge < -0.3 is 15.0 Å². The fourth-order valence-electron chi connectivity index (χ4n) is 4.33. The van der Waals surface area contributed by atoms with Gasteiger partial charge in [-0.2, -0.15) is 5.26 Å². The molecule has 0 atom stereocenters. The van der Waals surface area contributed by atoms with Gasteiger partial charge in [0.05, 0.1) is 23.5 Å². The normalized spacial score (nSPS) is 19.8. The second-order valence-electron chi connectivity index (χ2n) is 7.21. The fraction of sp³-hybridized carbons (Fsp3) is 0.421. The molecule has 0 amide bonds. The van der Waals surface area contributed by atoms with Crippen LogP contribution in [0.15, 0.2) is 24.5 Å². The Morgan fingerprint density at radius 2 is 2.04 bits per heavy atom. The maximum absolute atomic E-state index is 9.63. The van der Waals surface area contributed by atoms with Crippen molar-refractivity contribution in [1.29, 1.82) is 5.26 Å². The van der Waals surface area contributed by atoms with Crippen molar-refractivity contribution in [1.82, 2.24) is 19.9 Å². The molecule has 2 fully saturated rings. The van der Waals surface area contributed by atoms with Crippen LogP contribution in [0.2, 0.25) is 0 Å². The van der Waals surface area contributed by atoms with Crippen LogP contribution in [-0.4, -0.2) is 63.3 Å². The Hall–Kier alpha value is -2.69. The number of aliphatic hydroxyl groups is 1. The Balaban J connectivity index is 1.53. The van der Waals surface area contributed by atoms with E-state index in [4.69, 9.17) is 0 Å². The monoisotopic (exact) mass is 348 g/mol. The molecule has 2 saturated heterocycles. The molecule has 7 heteroatoms. The Bertz CT molecular complexity index is 1010. The summed E-state index contributed by atoms with van der Waals surface area (Å²) in [7, 11) is 0. The lowest BCUT2D eigenvalue weighted by Crippen LogP contribution is -2.57. The third kappa shape index (κ3) is 2.34. The van der Waals surface area contributed by atoms with Crippen LogP contribution in [0.1, 0.15) is 18.5 Å². The van der Waals surface area contributed by atoms with Crippen LogP contribution in [-0.2, 0) is 0 Å². The van der Waals surface area contributed by atoms with Crippen molar-refractivity contribution in [3.8, 4) is 6.07 Å². The van der Waals surface area contributed by atoms with Crippen molar-refractivity contribution in [2.24, 2.45) is 0 Å². The first-order chi connectivity index (χ1) is 12.7. The highest BCUT2D eigenvalue weighted by atomic mass is 16.3. The zero-order valence-corrected chi connectivity index (χ0v) is 14.4. The summed E-state index contributed by atoms with van der Waals surface area (Å²) in [6, 6.07) is 6.76. The number of anilines is 1. The largest absolute Gasteiger partial charge is 0.390 e. The Morgan fingerprint density at radius 3 is 2.77 bits per heavy atom. The molecule has 0 bridgehead atoms. The van der Waals surface area contributed by atoms with E-state index >= 15 is 0 Å². The number of nitrogens with one attached hydrogen (secondary N) is 1. The molecule has 3 aromatic heterocycles. The van der Waals surface area contributed by atoms with Crippen LogP contribution >= 0.6 is 0 Å². The number of nitriles is 1. The zero-order chi connectivity index (χ0) is 17.7. The molecule has 3 aromatic rings. The lowest BCUT2D eigenvalue weighted by Gasteiger charge is -2.45. The smallest absolute Gasteiger partial charge is 0.164 e. The van der Waals surface area contributed by atoms with Gasteiger partial charge in [0, 0.05) is 49.2 Å². The maximum atomic E-state index is 9.63. The number of aromatic nitrogens is 3. The average Bonchev–Trinajstić information content (AvgIpc) is 3.03. The third-order valence-electron chi connectivity index (χ3n) is 5.68. The van der Waals surface area contributed by atoms with Crippen molar-refractivity contribution in [3.05, 3.63) is 30.2 Å². The summed E-state index contributed by atoms with van der Waals surface area (Å²) < 4.78 is 0. The minimum Gasteiger partial charge on any atom is -0.390 e. The molecular formula is C19H20N6O. The SMILES string of the molecule is N#Cc1ncc2[nH]c3ncccc3c2c1N1CCC(N2CC(O)C2)CC1. The van der Waals surface area contributed by atoms with E-state index in [2.05, 4.69) is 30.8 Å². The number of hydrogen-bond donors (Lipinski definition) is 2. The van der Waals surface area contributed by atoms with Crippen LogP contribution in [0, 0.1) is 11.3 Å². The van der Waals surface area contributed by atoms with E-state index in [9.17, 15) is 10.4 Å². The quantitative estimate of drug-likeness (QED) is 0.731. The second kappa shape index (κ2) is 5.94. The molecular weight excluding hydrogens is 328 g/mol. The number of rotatable bonds is 2. The molecule has 2 aliphatic heterocycles. The Kier molecular flexibility index (Phi) is 3.55. The van der Waals surface area contributed by atoms with Gasteiger partial charge in [-0.15, -0.1) is 0 Å². The molecule has 5 rings (SSSR count). The molecule has 0 aromatic carbocycles. The van der Waals surface area contributed by atoms with Crippen molar-refractivity contribution in [2.75, 3.05) is 31.1 Å². The van der Waals surface area contributed by atoms with Crippen molar-refractivity contribution in [3.63, 3.8) is 0 Å². The summed E-state index contributed by atoms with van der Waals surface area (Å²) in [4.78, 5) is 16.8. The Morgan fingerprint density at radius 1 is 1.23 bits per heavy atom. The molecule has 0 spiro atoms. The van der Waals surface area contributed by atoms with Crippen molar-refractivity contribution < 1.29 is 5.11 Å². The van der Waals surface area contributed by atoms with E-state index in [1.165, 1.54) is 0 Å². The summed E-state index contributed by atoms with van der Waals surface area (Å²) >= 11 is 0. The number of hydrogen-bond acceptors (Lipinski definition) is 6.